The molecule has 0 aromatic carbocycles. The molecule has 132 valence electrons. The maximum absolute atomic E-state index is 12.2. The molecular weight excluding hydrogens is 362 g/mol. The summed E-state index contributed by atoms with van der Waals surface area (Å²) in [5.74, 6) is 1.45. The van der Waals surface area contributed by atoms with Crippen LogP contribution in [-0.2, 0) is 10.0 Å². The van der Waals surface area contributed by atoms with Crippen LogP contribution in [0, 0.1) is 13.8 Å². The van der Waals surface area contributed by atoms with Crippen LogP contribution in [0.3, 0.4) is 0 Å². The molecule has 2 N–H and O–H groups in total. The van der Waals surface area contributed by atoms with Crippen LogP contribution in [-0.4, -0.2) is 36.6 Å². The molecule has 0 bridgehead atoms. The second-order valence-electron chi connectivity index (χ2n) is 5.24. The van der Waals surface area contributed by atoms with Crippen LogP contribution in [0.1, 0.15) is 10.7 Å². The minimum absolute atomic E-state index is 0.220. The third kappa shape index (κ3) is 4.21. The maximum Gasteiger partial charge on any atom is 0.261 e. The van der Waals surface area contributed by atoms with Gasteiger partial charge in [0.05, 0.1) is 5.56 Å². The summed E-state index contributed by atoms with van der Waals surface area (Å²) in [4.78, 5) is 9.38. The number of nitrogens with one attached hydrogen (secondary N) is 2. The molecule has 8 nitrogen and oxygen atoms in total. The van der Waals surface area contributed by atoms with Gasteiger partial charge in [-0.05, 0) is 38.1 Å². The summed E-state index contributed by atoms with van der Waals surface area (Å²) in [7, 11) is -3.49. The van der Waals surface area contributed by atoms with Gasteiger partial charge in [-0.3, -0.25) is 0 Å². The van der Waals surface area contributed by atoms with Crippen molar-refractivity contribution in [2.24, 2.45) is 0 Å². The molecular formula is C15H17N5O3S2. The van der Waals surface area contributed by atoms with E-state index >= 15 is 0 Å². The zero-order valence-electron chi connectivity index (χ0n) is 13.7. The third-order valence-corrected chi connectivity index (χ3v) is 6.21. The van der Waals surface area contributed by atoms with E-state index in [-0.39, 0.29) is 6.54 Å². The first-order valence-corrected chi connectivity index (χ1v) is 9.81. The number of hydrogen-bond acceptors (Lipinski definition) is 8. The van der Waals surface area contributed by atoms with Crippen LogP contribution >= 0.6 is 11.3 Å². The summed E-state index contributed by atoms with van der Waals surface area (Å²) < 4.78 is 32.4. The molecule has 0 aliphatic carbocycles. The van der Waals surface area contributed by atoms with Gasteiger partial charge in [0, 0.05) is 24.2 Å². The van der Waals surface area contributed by atoms with Crippen LogP contribution in [0.15, 0.2) is 39.2 Å². The first-order valence-electron chi connectivity index (χ1n) is 7.51. The van der Waals surface area contributed by atoms with E-state index < -0.39 is 10.0 Å². The second kappa shape index (κ2) is 7.30. The molecule has 0 atom stereocenters. The number of pyridine rings is 1. The second-order valence-corrected chi connectivity index (χ2v) is 8.52. The molecule has 0 aliphatic heterocycles. The lowest BCUT2D eigenvalue weighted by Crippen LogP contribution is -2.28. The Morgan fingerprint density at radius 3 is 2.72 bits per heavy atom. The molecule has 25 heavy (non-hydrogen) atoms. The molecule has 0 unspecified atom stereocenters. The van der Waals surface area contributed by atoms with Gasteiger partial charge in [-0.25, -0.2) is 18.1 Å². The Morgan fingerprint density at radius 1 is 1.20 bits per heavy atom. The molecule has 0 saturated carbocycles. The summed E-state index contributed by atoms with van der Waals surface area (Å²) in [5, 5.41) is 6.85. The molecule has 3 aromatic rings. The SMILES string of the molecule is Cc1noc(-c2cccnc2NCCNS(=O)(=O)c2ccc(C)s2)n1. The summed E-state index contributed by atoms with van der Waals surface area (Å²) in [6, 6.07) is 6.96. The summed E-state index contributed by atoms with van der Waals surface area (Å²) >= 11 is 1.24. The number of aromatic nitrogens is 3. The zero-order chi connectivity index (χ0) is 17.9. The number of hydrogen-bond donors (Lipinski definition) is 2. The minimum atomic E-state index is -3.49. The highest BCUT2D eigenvalue weighted by atomic mass is 32.2. The predicted octanol–water partition coefficient (Wildman–Crippen LogP) is 2.20. The van der Waals surface area contributed by atoms with Crippen LogP contribution in [0.2, 0.25) is 0 Å². The lowest BCUT2D eigenvalue weighted by Gasteiger charge is -2.09. The lowest BCUT2D eigenvalue weighted by atomic mass is 10.2. The van der Waals surface area contributed by atoms with Gasteiger partial charge in [0.15, 0.2) is 5.82 Å². The quantitative estimate of drug-likeness (QED) is 0.606. The van der Waals surface area contributed by atoms with E-state index in [1.54, 1.807) is 37.4 Å². The summed E-state index contributed by atoms with van der Waals surface area (Å²) in [6.07, 6.45) is 1.63. The van der Waals surface area contributed by atoms with Crippen molar-refractivity contribution in [3.05, 3.63) is 41.2 Å². The van der Waals surface area contributed by atoms with Crippen molar-refractivity contribution < 1.29 is 12.9 Å². The van der Waals surface area contributed by atoms with E-state index in [1.807, 2.05) is 6.92 Å². The van der Waals surface area contributed by atoms with Crippen molar-refractivity contribution in [1.29, 1.82) is 0 Å². The Bertz CT molecular complexity index is 965. The predicted molar refractivity (Wildman–Crippen MR) is 95.0 cm³/mol. The van der Waals surface area contributed by atoms with Gasteiger partial charge >= 0.3 is 0 Å². The van der Waals surface area contributed by atoms with E-state index in [0.717, 1.165) is 4.88 Å². The Hall–Kier alpha value is -2.30. The fourth-order valence-electron chi connectivity index (χ4n) is 2.12. The molecule has 0 spiro atoms. The maximum atomic E-state index is 12.2. The average Bonchev–Trinajstić information content (AvgIpc) is 3.21. The smallest absolute Gasteiger partial charge is 0.261 e. The van der Waals surface area contributed by atoms with Crippen LogP contribution in [0.25, 0.3) is 11.5 Å². The molecule has 0 fully saturated rings. The van der Waals surface area contributed by atoms with E-state index in [1.165, 1.54) is 11.3 Å². The normalized spacial score (nSPS) is 11.6. The fraction of sp³-hybridized carbons (Fsp3) is 0.267. The average molecular weight is 379 g/mol. The van der Waals surface area contributed by atoms with Gasteiger partial charge in [0.25, 0.3) is 5.89 Å². The number of sulfonamides is 1. The number of nitrogens with zero attached hydrogens (tertiary/aromatic N) is 3. The highest BCUT2D eigenvalue weighted by Crippen LogP contribution is 2.24. The van der Waals surface area contributed by atoms with Crippen molar-refractivity contribution in [1.82, 2.24) is 19.8 Å². The van der Waals surface area contributed by atoms with Crippen LogP contribution < -0.4 is 10.0 Å². The highest BCUT2D eigenvalue weighted by molar-refractivity contribution is 7.91. The standard InChI is InChI=1S/C15H17N5O3S2/c1-10-5-6-13(24-10)25(21,22)18-9-8-17-14-12(4-3-7-16-14)15-19-11(2)20-23-15/h3-7,18H,8-9H2,1-2H3,(H,16,17). The Balaban J connectivity index is 1.61. The Kier molecular flexibility index (Phi) is 5.11. The monoisotopic (exact) mass is 379 g/mol. The first-order chi connectivity index (χ1) is 12.0. The van der Waals surface area contributed by atoms with Gasteiger partial charge in [-0.15, -0.1) is 11.3 Å². The third-order valence-electron chi connectivity index (χ3n) is 3.26. The summed E-state index contributed by atoms with van der Waals surface area (Å²) in [5.41, 5.74) is 0.667. The Morgan fingerprint density at radius 2 is 2.04 bits per heavy atom. The molecule has 10 heteroatoms. The largest absolute Gasteiger partial charge is 0.368 e. The molecule has 3 rings (SSSR count). The minimum Gasteiger partial charge on any atom is -0.368 e. The number of rotatable bonds is 7. The molecule has 3 aromatic heterocycles. The fourth-order valence-corrected chi connectivity index (χ4v) is 4.48. The van der Waals surface area contributed by atoms with E-state index in [4.69, 9.17) is 4.52 Å². The van der Waals surface area contributed by atoms with Crippen LogP contribution in [0.4, 0.5) is 5.82 Å². The first kappa shape index (κ1) is 17.5. The zero-order valence-corrected chi connectivity index (χ0v) is 15.3. The van der Waals surface area contributed by atoms with Gasteiger partial charge in [0.1, 0.15) is 10.0 Å². The Labute approximate surface area is 149 Å². The number of thiophene rings is 1. The van der Waals surface area contributed by atoms with Crippen molar-refractivity contribution in [3.8, 4) is 11.5 Å². The molecule has 0 radical (unpaired) electrons. The van der Waals surface area contributed by atoms with Crippen molar-refractivity contribution >= 4 is 27.2 Å². The summed E-state index contributed by atoms with van der Waals surface area (Å²) in [6.45, 7) is 4.18. The van der Waals surface area contributed by atoms with E-state index in [0.29, 0.717) is 33.9 Å². The van der Waals surface area contributed by atoms with E-state index in [9.17, 15) is 8.42 Å². The van der Waals surface area contributed by atoms with Gasteiger partial charge in [0.2, 0.25) is 10.0 Å². The van der Waals surface area contributed by atoms with E-state index in [2.05, 4.69) is 25.2 Å². The van der Waals surface area contributed by atoms with Crippen molar-refractivity contribution in [3.63, 3.8) is 0 Å². The number of aryl methyl sites for hydroxylation is 2. The van der Waals surface area contributed by atoms with Crippen molar-refractivity contribution in [2.75, 3.05) is 18.4 Å². The van der Waals surface area contributed by atoms with Gasteiger partial charge < -0.3 is 9.84 Å². The topological polar surface area (TPSA) is 110 Å². The van der Waals surface area contributed by atoms with Gasteiger partial charge in [-0.2, -0.15) is 4.98 Å². The molecule has 0 amide bonds. The highest BCUT2D eigenvalue weighted by Gasteiger charge is 2.16. The van der Waals surface area contributed by atoms with Crippen molar-refractivity contribution in [2.45, 2.75) is 18.1 Å². The number of anilines is 1. The molecule has 0 aliphatic rings. The van der Waals surface area contributed by atoms with Gasteiger partial charge in [-0.1, -0.05) is 5.16 Å². The lowest BCUT2D eigenvalue weighted by molar-refractivity contribution is 0.425. The molecule has 0 saturated heterocycles. The molecule has 3 heterocycles. The van der Waals surface area contributed by atoms with Crippen LogP contribution in [0.5, 0.6) is 0 Å².